The maximum atomic E-state index is 12.8. The number of aromatic hydroxyl groups is 1. The van der Waals surface area contributed by atoms with Crippen LogP contribution in [0.15, 0.2) is 72.8 Å². The van der Waals surface area contributed by atoms with Gasteiger partial charge in [0.05, 0.1) is 0 Å². The lowest BCUT2D eigenvalue weighted by molar-refractivity contribution is 0.149. The fourth-order valence-corrected chi connectivity index (χ4v) is 5.31. The summed E-state index contributed by atoms with van der Waals surface area (Å²) in [6.07, 6.45) is 5.20. The monoisotopic (exact) mass is 431 g/mol. The first-order valence-corrected chi connectivity index (χ1v) is 11.8. The fraction of sp³-hybridized carbons (Fsp3) is 0.231. The van der Waals surface area contributed by atoms with Crippen molar-refractivity contribution in [3.63, 3.8) is 0 Å². The lowest BCUT2D eigenvalue weighted by Gasteiger charge is -2.16. The Labute approximate surface area is 182 Å². The highest BCUT2D eigenvalue weighted by Crippen LogP contribution is 2.47. The second-order valence-corrected chi connectivity index (χ2v) is 8.86. The first-order valence-electron chi connectivity index (χ1n) is 10.8. The minimum absolute atomic E-state index is 0.0211. The van der Waals surface area contributed by atoms with Crippen LogP contribution in [0.1, 0.15) is 32.1 Å². The molecule has 0 aliphatic heterocycles. The second kappa shape index (κ2) is 8.66. The van der Waals surface area contributed by atoms with Gasteiger partial charge in [0.15, 0.2) is 5.75 Å². The molecule has 5 heteroatoms. The number of hydrogen-bond donors (Lipinski definition) is 1. The van der Waals surface area contributed by atoms with E-state index in [0.717, 1.165) is 52.8 Å². The summed E-state index contributed by atoms with van der Waals surface area (Å²) in [5.74, 6) is 0.602. The lowest BCUT2D eigenvalue weighted by Crippen LogP contribution is -2.13. The van der Waals surface area contributed by atoms with E-state index in [9.17, 15) is 9.67 Å². The van der Waals surface area contributed by atoms with Gasteiger partial charge in [0, 0.05) is 15.7 Å². The molecule has 4 aromatic rings. The molecule has 1 saturated carbocycles. The molecule has 156 valence electrons. The van der Waals surface area contributed by atoms with Crippen LogP contribution in [0.25, 0.3) is 32.7 Å². The highest BCUT2D eigenvalue weighted by atomic mass is 31.1. The van der Waals surface area contributed by atoms with Crippen molar-refractivity contribution in [3.05, 3.63) is 72.8 Å². The molecule has 1 aliphatic rings. The summed E-state index contributed by atoms with van der Waals surface area (Å²) in [5.41, 5.74) is 1.40. The molecule has 0 amide bonds. The van der Waals surface area contributed by atoms with Gasteiger partial charge in [-0.3, -0.25) is 0 Å². The van der Waals surface area contributed by atoms with Crippen LogP contribution >= 0.6 is 8.25 Å². The molecule has 31 heavy (non-hydrogen) atoms. The zero-order valence-corrected chi connectivity index (χ0v) is 18.1. The smallest absolute Gasteiger partial charge is 0.507 e. The largest absolute Gasteiger partial charge is 0.750 e. The van der Waals surface area contributed by atoms with Gasteiger partial charge >= 0.3 is 8.25 Å². The van der Waals surface area contributed by atoms with E-state index in [-0.39, 0.29) is 11.9 Å². The summed E-state index contributed by atoms with van der Waals surface area (Å²) in [6.45, 7) is 0. The molecule has 0 spiro atoms. The minimum Gasteiger partial charge on any atom is -0.507 e. The molecular formula is C26H24O4P+. The Morgan fingerprint density at radius 3 is 2.06 bits per heavy atom. The normalized spacial score (nSPS) is 15.3. The second-order valence-electron chi connectivity index (χ2n) is 8.02. The SMILES string of the molecule is O=[P+](Oc1ccc2ccccc2c1-c1c(O)ccc2ccccc12)OC1CCCCC1. The third-order valence-electron chi connectivity index (χ3n) is 6.01. The third-order valence-corrected chi connectivity index (χ3v) is 6.82. The van der Waals surface area contributed by atoms with Crippen molar-refractivity contribution in [1.82, 2.24) is 0 Å². The van der Waals surface area contributed by atoms with E-state index in [0.29, 0.717) is 11.3 Å². The molecule has 1 atom stereocenters. The van der Waals surface area contributed by atoms with Gasteiger partial charge in [-0.1, -0.05) is 79.9 Å². The molecule has 1 fully saturated rings. The van der Waals surface area contributed by atoms with Crippen LogP contribution < -0.4 is 4.52 Å². The van der Waals surface area contributed by atoms with E-state index in [2.05, 4.69) is 0 Å². The van der Waals surface area contributed by atoms with Crippen LogP contribution in [0.4, 0.5) is 0 Å². The van der Waals surface area contributed by atoms with Gasteiger partial charge in [-0.15, -0.1) is 4.52 Å². The van der Waals surface area contributed by atoms with Gasteiger partial charge in [-0.2, -0.15) is 0 Å². The highest BCUT2D eigenvalue weighted by molar-refractivity contribution is 7.33. The van der Waals surface area contributed by atoms with E-state index >= 15 is 0 Å². The van der Waals surface area contributed by atoms with Crippen molar-refractivity contribution in [3.8, 4) is 22.6 Å². The van der Waals surface area contributed by atoms with Crippen molar-refractivity contribution in [2.24, 2.45) is 0 Å². The molecule has 4 nitrogen and oxygen atoms in total. The number of rotatable bonds is 5. The summed E-state index contributed by atoms with van der Waals surface area (Å²) < 4.78 is 24.4. The summed E-state index contributed by atoms with van der Waals surface area (Å²) in [7, 11) is -2.33. The van der Waals surface area contributed by atoms with Gasteiger partial charge in [-0.05, 0) is 46.5 Å². The fourth-order valence-electron chi connectivity index (χ4n) is 4.50. The Morgan fingerprint density at radius 1 is 0.742 bits per heavy atom. The van der Waals surface area contributed by atoms with E-state index in [4.69, 9.17) is 9.05 Å². The van der Waals surface area contributed by atoms with Crippen molar-refractivity contribution in [2.45, 2.75) is 38.2 Å². The van der Waals surface area contributed by atoms with Crippen LogP contribution in [-0.4, -0.2) is 11.2 Å². The summed E-state index contributed by atoms with van der Waals surface area (Å²) in [5, 5.41) is 14.7. The topological polar surface area (TPSA) is 55.8 Å². The molecule has 0 heterocycles. The first kappa shape index (κ1) is 20.0. The van der Waals surface area contributed by atoms with Crippen molar-refractivity contribution >= 4 is 29.8 Å². The first-order chi connectivity index (χ1) is 15.2. The van der Waals surface area contributed by atoms with Crippen LogP contribution in [-0.2, 0) is 9.09 Å². The van der Waals surface area contributed by atoms with Gasteiger partial charge in [-0.25, -0.2) is 4.52 Å². The average Bonchev–Trinajstić information content (AvgIpc) is 2.80. The predicted molar refractivity (Wildman–Crippen MR) is 125 cm³/mol. The molecule has 4 aromatic carbocycles. The average molecular weight is 431 g/mol. The zero-order chi connectivity index (χ0) is 21.2. The molecule has 0 bridgehead atoms. The number of hydrogen-bond acceptors (Lipinski definition) is 4. The standard InChI is InChI=1S/C26H23O4P/c27-23-16-14-18-8-4-6-12-21(18)25(23)26-22-13-7-5-9-19(22)15-17-24(26)30-31(28)29-20-10-2-1-3-11-20/h4-9,12-17,20H,1-3,10-11H2/p+1. The van der Waals surface area contributed by atoms with Crippen LogP contribution in [0.2, 0.25) is 0 Å². The van der Waals surface area contributed by atoms with Gasteiger partial charge < -0.3 is 5.11 Å². The van der Waals surface area contributed by atoms with Crippen LogP contribution in [0.5, 0.6) is 11.5 Å². The number of benzene rings is 4. The Bertz CT molecular complexity index is 1260. The van der Waals surface area contributed by atoms with Gasteiger partial charge in [0.2, 0.25) is 0 Å². The quantitative estimate of drug-likeness (QED) is 0.328. The molecule has 0 saturated heterocycles. The summed E-state index contributed by atoms with van der Waals surface area (Å²) >= 11 is 0. The van der Waals surface area contributed by atoms with E-state index in [1.807, 2.05) is 66.7 Å². The van der Waals surface area contributed by atoms with E-state index < -0.39 is 8.25 Å². The van der Waals surface area contributed by atoms with Crippen molar-refractivity contribution < 1.29 is 18.7 Å². The summed E-state index contributed by atoms with van der Waals surface area (Å²) in [4.78, 5) is 0. The number of phenols is 1. The Morgan fingerprint density at radius 2 is 1.35 bits per heavy atom. The van der Waals surface area contributed by atoms with Crippen LogP contribution in [0.3, 0.4) is 0 Å². The molecule has 0 radical (unpaired) electrons. The lowest BCUT2D eigenvalue weighted by atomic mass is 9.92. The molecular weight excluding hydrogens is 407 g/mol. The number of phenolic OH excluding ortho intramolecular Hbond substituents is 1. The minimum atomic E-state index is -2.33. The Kier molecular flexibility index (Phi) is 5.59. The maximum Gasteiger partial charge on any atom is 0.750 e. The van der Waals surface area contributed by atoms with E-state index in [1.54, 1.807) is 6.07 Å². The highest BCUT2D eigenvalue weighted by Gasteiger charge is 2.32. The maximum absolute atomic E-state index is 12.8. The van der Waals surface area contributed by atoms with Gasteiger partial charge in [0.1, 0.15) is 11.9 Å². The molecule has 0 aromatic heterocycles. The third kappa shape index (κ3) is 4.01. The number of fused-ring (bicyclic) bond motifs is 2. The Balaban J connectivity index is 1.63. The molecule has 1 N–H and O–H groups in total. The van der Waals surface area contributed by atoms with Gasteiger partial charge in [0.25, 0.3) is 0 Å². The zero-order valence-electron chi connectivity index (χ0n) is 17.2. The molecule has 1 unspecified atom stereocenters. The van der Waals surface area contributed by atoms with Crippen molar-refractivity contribution in [2.75, 3.05) is 0 Å². The molecule has 5 rings (SSSR count). The van der Waals surface area contributed by atoms with Crippen molar-refractivity contribution in [1.29, 1.82) is 0 Å². The molecule has 1 aliphatic carbocycles. The Hall–Kier alpha value is -2.94. The van der Waals surface area contributed by atoms with E-state index in [1.165, 1.54) is 6.42 Å². The summed E-state index contributed by atoms with van der Waals surface area (Å²) in [6, 6.07) is 23.2. The van der Waals surface area contributed by atoms with Crippen LogP contribution in [0, 0.1) is 0 Å². The predicted octanol–water partition coefficient (Wildman–Crippen LogP) is 7.75.